The van der Waals surface area contributed by atoms with Gasteiger partial charge in [0.25, 0.3) is 11.9 Å². The number of carbonyl (C=O) groups is 1. The number of hydrogen-bond donors (Lipinski definition) is 12. The van der Waals surface area contributed by atoms with E-state index < -0.39 is 123 Å². The van der Waals surface area contributed by atoms with E-state index in [-0.39, 0.29) is 57.1 Å². The van der Waals surface area contributed by atoms with E-state index in [1.807, 2.05) is 0 Å². The Kier molecular flexibility index (Phi) is 15.9. The van der Waals surface area contributed by atoms with Crippen molar-refractivity contribution in [2.45, 2.75) is 105 Å². The Morgan fingerprint density at radius 1 is 0.681 bits per heavy atom. The number of carbonyl (C=O) groups excluding carboxylic acids is 1. The highest BCUT2D eigenvalue weighted by molar-refractivity contribution is 5.87. The zero-order chi connectivity index (χ0) is 50.0. The molecule has 13 N–H and O–H groups in total. The highest BCUT2D eigenvalue weighted by Crippen LogP contribution is 2.49. The first-order valence-corrected chi connectivity index (χ1v) is 21.3. The van der Waals surface area contributed by atoms with E-state index in [0.717, 1.165) is 12.1 Å². The molecule has 4 aliphatic heterocycles. The van der Waals surface area contributed by atoms with Crippen LogP contribution in [0.3, 0.4) is 0 Å². The summed E-state index contributed by atoms with van der Waals surface area (Å²) in [5.74, 6) is -2.09. The molecule has 0 aromatic heterocycles. The van der Waals surface area contributed by atoms with Gasteiger partial charge < -0.3 is 113 Å². The fourth-order valence-corrected chi connectivity index (χ4v) is 7.99. The Morgan fingerprint density at radius 2 is 1.29 bits per heavy atom. The zero-order valence-electron chi connectivity index (χ0n) is 37.2. The van der Waals surface area contributed by atoms with Crippen LogP contribution in [-0.4, -0.2) is 199 Å². The maximum atomic E-state index is 12.7. The predicted molar refractivity (Wildman–Crippen MR) is 230 cm³/mol. The number of ether oxygens (including phenoxy) is 11. The highest BCUT2D eigenvalue weighted by Gasteiger charge is 2.50. The summed E-state index contributed by atoms with van der Waals surface area (Å²) in [5, 5.41) is 128. The predicted octanol–water partition coefficient (Wildman–Crippen LogP) is -1.72. The first-order chi connectivity index (χ1) is 32.9. The van der Waals surface area contributed by atoms with Gasteiger partial charge in [0.2, 0.25) is 18.3 Å². The Hall–Kier alpha value is -5.71. The molecule has 3 saturated heterocycles. The standard InChI is InChI=1S/C45H54O24/c1-17-41(69-31(49)8-6-18-5-7-22(48)25(9-18)59-2)37(55)40(58)43(63-17)62-16-30-34(52)36(54)39(57)45(68-30)66-28-14-21-23(64-42(28)19-10-26(60-3)32(50)27(11-19)61-4)12-20(47)13-24(21)65-44-38(56)35(53)33(51)29(15-46)67-44/h5-14,17,29-30,33-48,50-58H,15-16H2,1-4H3/p+1/b8-6+/t17-,29+,30+,33-,34-,35-,36+,37-,38+,39+,40-,41-,42?,43+,44+,45+/m0/s1. The molecule has 0 saturated carbocycles. The number of aromatic hydroxyl groups is 4. The number of fused-ring (bicyclic) bond motifs is 1. The number of phenolic OH excluding ortho intramolecular Hbond substituents is 3. The minimum Gasteiger partial charge on any atom is -0.571 e. The van der Waals surface area contributed by atoms with Gasteiger partial charge in [-0.15, -0.1) is 0 Å². The number of rotatable bonds is 15. The van der Waals surface area contributed by atoms with Gasteiger partial charge in [-0.2, -0.15) is 0 Å². The molecule has 7 rings (SSSR count). The van der Waals surface area contributed by atoms with Crippen molar-refractivity contribution in [1.29, 1.82) is 0 Å². The SMILES string of the molecule is COc1cc(/C=C/C(=O)O[C@@H]2[C@@H](O)[C@H](O)[C@H](OC[C@H]3O[C@@H](OC4=Cc5c(O[C@@H]6O[C@H](CO)[C@H](O)[C@H](O)[C@H]6O)cc(O)cc5[OH+]C4c4cc(OC)c(O)c(OC)c4)[C@H](O)[C@H](O)[C@H]3O)O[C@H]2C)ccc1O. The van der Waals surface area contributed by atoms with Crippen LogP contribution in [0.5, 0.6) is 46.0 Å². The summed E-state index contributed by atoms with van der Waals surface area (Å²) in [4.78, 5) is 12.7. The molecule has 0 bridgehead atoms. The fraction of sp³-hybridized carbons (Fsp3) is 0.489. The number of hydrogen-bond acceptors (Lipinski definition) is 23. The summed E-state index contributed by atoms with van der Waals surface area (Å²) >= 11 is 0. The lowest BCUT2D eigenvalue weighted by atomic mass is 9.97. The van der Waals surface area contributed by atoms with Crippen LogP contribution in [0.15, 0.2) is 54.3 Å². The van der Waals surface area contributed by atoms with Crippen LogP contribution >= 0.6 is 0 Å². The minimum absolute atomic E-state index is 0.0378. The van der Waals surface area contributed by atoms with Crippen molar-refractivity contribution in [2.24, 2.45) is 0 Å². The first kappa shape index (κ1) is 51.1. The molecule has 4 heterocycles. The zero-order valence-corrected chi connectivity index (χ0v) is 37.2. The molecule has 0 radical (unpaired) electrons. The Morgan fingerprint density at radius 3 is 1.93 bits per heavy atom. The van der Waals surface area contributed by atoms with Crippen molar-refractivity contribution in [1.82, 2.24) is 0 Å². The molecular formula is C45H55O24+. The minimum atomic E-state index is -1.97. The van der Waals surface area contributed by atoms with Gasteiger partial charge in [-0.3, -0.25) is 0 Å². The van der Waals surface area contributed by atoms with E-state index in [0.29, 0.717) is 5.56 Å². The lowest BCUT2D eigenvalue weighted by molar-refractivity contribution is -0.325. The third-order valence-electron chi connectivity index (χ3n) is 11.8. The Labute approximate surface area is 392 Å². The molecule has 24 heteroatoms. The monoisotopic (exact) mass is 979 g/mol. The normalized spacial score (nSPS) is 33.4. The van der Waals surface area contributed by atoms with Crippen molar-refractivity contribution in [3.63, 3.8) is 0 Å². The van der Waals surface area contributed by atoms with Gasteiger partial charge in [-0.25, -0.2) is 4.79 Å². The first-order valence-electron chi connectivity index (χ1n) is 21.3. The fourth-order valence-electron chi connectivity index (χ4n) is 7.99. The molecule has 24 nitrogen and oxygen atoms in total. The van der Waals surface area contributed by atoms with Crippen molar-refractivity contribution in [3.8, 4) is 46.0 Å². The van der Waals surface area contributed by atoms with E-state index in [4.69, 9.17) is 52.1 Å². The van der Waals surface area contributed by atoms with Crippen LogP contribution in [0.4, 0.5) is 0 Å². The molecule has 3 aromatic carbocycles. The quantitative estimate of drug-likeness (QED) is 0.0458. The van der Waals surface area contributed by atoms with Crippen molar-refractivity contribution in [3.05, 3.63) is 71.0 Å². The van der Waals surface area contributed by atoms with Gasteiger partial charge in [-0.05, 0) is 42.8 Å². The lowest BCUT2D eigenvalue weighted by Crippen LogP contribution is -2.61. The average Bonchev–Trinajstić information content (AvgIpc) is 3.33. The van der Waals surface area contributed by atoms with Crippen LogP contribution in [0.1, 0.15) is 29.7 Å². The Bertz CT molecular complexity index is 2310. The maximum absolute atomic E-state index is 12.7. The second kappa shape index (κ2) is 21.5. The summed E-state index contributed by atoms with van der Waals surface area (Å²) in [6.07, 6.45) is -22.7. The van der Waals surface area contributed by atoms with Crippen molar-refractivity contribution < 1.29 is 118 Å². The second-order valence-corrected chi connectivity index (χ2v) is 16.4. The van der Waals surface area contributed by atoms with Gasteiger partial charge in [-0.1, -0.05) is 6.07 Å². The van der Waals surface area contributed by atoms with Crippen LogP contribution in [0.25, 0.3) is 12.2 Å². The molecular weight excluding hydrogens is 924 g/mol. The molecule has 3 fully saturated rings. The highest BCUT2D eigenvalue weighted by atomic mass is 16.7. The molecule has 0 amide bonds. The summed E-state index contributed by atoms with van der Waals surface area (Å²) < 4.78 is 61.0. The van der Waals surface area contributed by atoms with Crippen LogP contribution in [-0.2, 0) is 33.2 Å². The third-order valence-corrected chi connectivity index (χ3v) is 11.8. The average molecular weight is 980 g/mol. The van der Waals surface area contributed by atoms with E-state index in [2.05, 4.69) is 0 Å². The number of benzene rings is 3. The van der Waals surface area contributed by atoms with Crippen LogP contribution in [0, 0.1) is 0 Å². The molecule has 0 spiro atoms. The molecule has 1 unspecified atom stereocenters. The topological polar surface area (TPSA) is 365 Å². The van der Waals surface area contributed by atoms with Crippen molar-refractivity contribution >= 4 is 18.1 Å². The number of aliphatic hydroxyl groups excluding tert-OH is 9. The van der Waals surface area contributed by atoms with Crippen LogP contribution in [0.2, 0.25) is 0 Å². The van der Waals surface area contributed by atoms with Gasteiger partial charge in [0.15, 0.2) is 41.2 Å². The number of phenols is 3. The van der Waals surface area contributed by atoms with E-state index >= 15 is 0 Å². The van der Waals surface area contributed by atoms with Gasteiger partial charge in [0.1, 0.15) is 78.1 Å². The summed E-state index contributed by atoms with van der Waals surface area (Å²) in [7, 11) is 3.92. The van der Waals surface area contributed by atoms with Crippen molar-refractivity contribution in [2.75, 3.05) is 34.5 Å². The van der Waals surface area contributed by atoms with E-state index in [9.17, 15) is 66.1 Å². The number of esters is 1. The largest absolute Gasteiger partial charge is 0.571 e. The lowest BCUT2D eigenvalue weighted by Gasteiger charge is -2.43. The third kappa shape index (κ3) is 10.7. The second-order valence-electron chi connectivity index (χ2n) is 16.4. The molecule has 3 aromatic rings. The maximum Gasteiger partial charge on any atom is 0.331 e. The molecule has 0 aliphatic carbocycles. The molecule has 16 atom stereocenters. The van der Waals surface area contributed by atoms with E-state index in [1.165, 1.54) is 76.8 Å². The van der Waals surface area contributed by atoms with E-state index in [1.54, 1.807) is 0 Å². The Balaban J connectivity index is 1.11. The molecule has 4 aliphatic rings. The van der Waals surface area contributed by atoms with Gasteiger partial charge in [0, 0.05) is 18.2 Å². The van der Waals surface area contributed by atoms with Crippen LogP contribution < -0.4 is 18.9 Å². The summed E-state index contributed by atoms with van der Waals surface area (Å²) in [6, 6.07) is 9.47. The van der Waals surface area contributed by atoms with Gasteiger partial charge >= 0.3 is 5.97 Å². The summed E-state index contributed by atoms with van der Waals surface area (Å²) in [6.45, 7) is 0.0143. The summed E-state index contributed by atoms with van der Waals surface area (Å²) in [5.41, 5.74) is 0.761. The molecule has 378 valence electrons. The molecule has 69 heavy (non-hydrogen) atoms. The smallest absolute Gasteiger partial charge is 0.331 e. The van der Waals surface area contributed by atoms with Gasteiger partial charge in [0.05, 0.1) is 52.3 Å². The number of aliphatic hydroxyl groups is 10. The number of methoxy groups -OCH3 is 3.